The highest BCUT2D eigenvalue weighted by Gasteiger charge is 2.17. The van der Waals surface area contributed by atoms with Crippen LogP contribution in [0.5, 0.6) is 0 Å². The van der Waals surface area contributed by atoms with E-state index in [1.807, 2.05) is 48.5 Å². The summed E-state index contributed by atoms with van der Waals surface area (Å²) in [4.78, 5) is 27.5. The largest absolute Gasteiger partial charge is 0.445 e. The molecule has 0 radical (unpaired) electrons. The molecular formula is C22H23N3O3. The number of alkyl carbamates (subject to hydrolysis) is 1. The third-order valence-corrected chi connectivity index (χ3v) is 4.36. The molecule has 0 unspecified atom stereocenters. The quantitative estimate of drug-likeness (QED) is 0.525. The molecule has 0 aliphatic heterocycles. The molecule has 1 atom stereocenters. The van der Waals surface area contributed by atoms with E-state index in [0.717, 1.165) is 16.6 Å². The number of amides is 2. The standard InChI is InChI=1S/C22H23N3O3/c1-2-12-28-22(27)24-15-18(14-23-21(26)16-8-4-3-5-9-16)20-13-17-10-6-7-11-19(17)25-20/h2-11,13,18,25H,1,12,14-15H2,(H,23,26)(H,24,27)/t18-/m1/s1. The van der Waals surface area contributed by atoms with Gasteiger partial charge < -0.3 is 20.4 Å². The van der Waals surface area contributed by atoms with Crippen molar-refractivity contribution in [1.29, 1.82) is 0 Å². The molecule has 6 nitrogen and oxygen atoms in total. The molecule has 3 aromatic rings. The van der Waals surface area contributed by atoms with Gasteiger partial charge in [-0.15, -0.1) is 0 Å². The van der Waals surface area contributed by atoms with Crippen LogP contribution in [0.3, 0.4) is 0 Å². The number of fused-ring (bicyclic) bond motifs is 1. The van der Waals surface area contributed by atoms with Gasteiger partial charge in [0.1, 0.15) is 6.61 Å². The van der Waals surface area contributed by atoms with E-state index in [9.17, 15) is 9.59 Å². The zero-order valence-corrected chi connectivity index (χ0v) is 15.5. The summed E-state index contributed by atoms with van der Waals surface area (Å²) in [7, 11) is 0. The van der Waals surface area contributed by atoms with Crippen molar-refractivity contribution in [1.82, 2.24) is 15.6 Å². The van der Waals surface area contributed by atoms with Crippen LogP contribution in [-0.4, -0.2) is 36.7 Å². The smallest absolute Gasteiger partial charge is 0.407 e. The van der Waals surface area contributed by atoms with Crippen LogP contribution in [0.25, 0.3) is 10.9 Å². The minimum Gasteiger partial charge on any atom is -0.445 e. The molecule has 0 saturated heterocycles. The first-order chi connectivity index (χ1) is 13.7. The van der Waals surface area contributed by atoms with Crippen LogP contribution >= 0.6 is 0 Å². The Kier molecular flexibility index (Phi) is 6.46. The van der Waals surface area contributed by atoms with Crippen LogP contribution in [0.4, 0.5) is 4.79 Å². The average Bonchev–Trinajstić information content (AvgIpc) is 3.16. The van der Waals surface area contributed by atoms with Gasteiger partial charge in [0.25, 0.3) is 5.91 Å². The predicted molar refractivity (Wildman–Crippen MR) is 109 cm³/mol. The fourth-order valence-corrected chi connectivity index (χ4v) is 2.91. The van der Waals surface area contributed by atoms with Crippen molar-refractivity contribution in [3.05, 3.63) is 84.6 Å². The lowest BCUT2D eigenvalue weighted by molar-refractivity contribution is 0.0951. The van der Waals surface area contributed by atoms with Gasteiger partial charge in [-0.1, -0.05) is 49.1 Å². The van der Waals surface area contributed by atoms with Gasteiger partial charge in [0, 0.05) is 35.8 Å². The Hall–Kier alpha value is -3.54. The summed E-state index contributed by atoms with van der Waals surface area (Å²) >= 11 is 0. The van der Waals surface area contributed by atoms with E-state index in [4.69, 9.17) is 4.74 Å². The second kappa shape index (κ2) is 9.41. The number of nitrogens with one attached hydrogen (secondary N) is 3. The fourth-order valence-electron chi connectivity index (χ4n) is 2.91. The lowest BCUT2D eigenvalue weighted by Gasteiger charge is -2.17. The van der Waals surface area contributed by atoms with Gasteiger partial charge in [-0.2, -0.15) is 0 Å². The van der Waals surface area contributed by atoms with Crippen molar-refractivity contribution in [3.63, 3.8) is 0 Å². The molecule has 2 aromatic carbocycles. The summed E-state index contributed by atoms with van der Waals surface area (Å²) in [5.41, 5.74) is 2.53. The van der Waals surface area contributed by atoms with Crippen LogP contribution in [0.1, 0.15) is 22.0 Å². The predicted octanol–water partition coefficient (Wildman–Crippen LogP) is 3.59. The van der Waals surface area contributed by atoms with Gasteiger partial charge in [0.05, 0.1) is 0 Å². The zero-order valence-electron chi connectivity index (χ0n) is 15.5. The Bertz CT molecular complexity index is 917. The summed E-state index contributed by atoms with van der Waals surface area (Å²) in [6, 6.07) is 19.0. The average molecular weight is 377 g/mol. The monoisotopic (exact) mass is 377 g/mol. The minimum absolute atomic E-state index is 0.142. The SMILES string of the molecule is C=CCOC(=O)NC[C@@H](CNC(=O)c1ccccc1)c1cc2ccccc2[nH]1. The molecule has 0 bridgehead atoms. The van der Waals surface area contributed by atoms with Crippen LogP contribution in [0.2, 0.25) is 0 Å². The molecule has 0 aliphatic carbocycles. The molecule has 1 aromatic heterocycles. The summed E-state index contributed by atoms with van der Waals surface area (Å²) in [5.74, 6) is -0.299. The topological polar surface area (TPSA) is 83.2 Å². The van der Waals surface area contributed by atoms with Gasteiger partial charge in [-0.3, -0.25) is 4.79 Å². The Morgan fingerprint density at radius 1 is 1.04 bits per heavy atom. The lowest BCUT2D eigenvalue weighted by atomic mass is 10.0. The van der Waals surface area contributed by atoms with Crippen LogP contribution in [0, 0.1) is 0 Å². The number of carbonyl (C=O) groups is 2. The molecule has 3 N–H and O–H groups in total. The van der Waals surface area contributed by atoms with Crippen molar-refractivity contribution in [3.8, 4) is 0 Å². The first-order valence-corrected chi connectivity index (χ1v) is 9.10. The van der Waals surface area contributed by atoms with E-state index < -0.39 is 6.09 Å². The highest BCUT2D eigenvalue weighted by molar-refractivity contribution is 5.94. The van der Waals surface area contributed by atoms with Crippen molar-refractivity contribution >= 4 is 22.9 Å². The second-order valence-corrected chi connectivity index (χ2v) is 6.35. The molecule has 0 saturated carbocycles. The number of hydrogen-bond donors (Lipinski definition) is 3. The Morgan fingerprint density at radius 2 is 1.75 bits per heavy atom. The molecule has 0 fully saturated rings. The van der Waals surface area contributed by atoms with E-state index in [-0.39, 0.29) is 18.4 Å². The third kappa shape index (κ3) is 5.01. The van der Waals surface area contributed by atoms with Crippen LogP contribution < -0.4 is 10.6 Å². The molecular weight excluding hydrogens is 354 g/mol. The van der Waals surface area contributed by atoms with E-state index in [2.05, 4.69) is 22.2 Å². The van der Waals surface area contributed by atoms with E-state index in [1.165, 1.54) is 6.08 Å². The van der Waals surface area contributed by atoms with Gasteiger partial charge >= 0.3 is 6.09 Å². The minimum atomic E-state index is -0.518. The van der Waals surface area contributed by atoms with Crippen molar-refractivity contribution in [2.45, 2.75) is 5.92 Å². The molecule has 144 valence electrons. The number of aromatic nitrogens is 1. The van der Waals surface area contributed by atoms with E-state index in [1.54, 1.807) is 12.1 Å². The first kappa shape index (κ1) is 19.2. The number of hydrogen-bond acceptors (Lipinski definition) is 3. The summed E-state index contributed by atoms with van der Waals surface area (Å²) in [6.45, 7) is 4.35. The normalized spacial score (nSPS) is 11.6. The van der Waals surface area contributed by atoms with Gasteiger partial charge in [-0.05, 0) is 29.7 Å². The van der Waals surface area contributed by atoms with E-state index >= 15 is 0 Å². The summed E-state index contributed by atoms with van der Waals surface area (Å²) in [5, 5.41) is 6.76. The second-order valence-electron chi connectivity index (χ2n) is 6.35. The number of carbonyl (C=O) groups excluding carboxylic acids is 2. The van der Waals surface area contributed by atoms with E-state index in [0.29, 0.717) is 18.7 Å². The summed E-state index contributed by atoms with van der Waals surface area (Å²) in [6.07, 6.45) is 0.991. The number of H-pyrrole nitrogens is 1. The molecule has 6 heteroatoms. The molecule has 0 spiro atoms. The number of rotatable bonds is 8. The number of aromatic amines is 1. The molecule has 3 rings (SSSR count). The van der Waals surface area contributed by atoms with Crippen molar-refractivity contribution in [2.75, 3.05) is 19.7 Å². The van der Waals surface area contributed by atoms with Crippen molar-refractivity contribution in [2.24, 2.45) is 0 Å². The lowest BCUT2D eigenvalue weighted by Crippen LogP contribution is -2.36. The maximum Gasteiger partial charge on any atom is 0.407 e. The van der Waals surface area contributed by atoms with Gasteiger partial charge in [-0.25, -0.2) is 4.79 Å². The molecule has 0 aliphatic rings. The molecule has 28 heavy (non-hydrogen) atoms. The Labute approximate surface area is 163 Å². The number of para-hydroxylation sites is 1. The Balaban J connectivity index is 1.71. The fraction of sp³-hybridized carbons (Fsp3) is 0.182. The highest BCUT2D eigenvalue weighted by Crippen LogP contribution is 2.21. The number of benzene rings is 2. The molecule has 1 heterocycles. The van der Waals surface area contributed by atoms with Crippen LogP contribution in [-0.2, 0) is 4.74 Å². The Morgan fingerprint density at radius 3 is 2.50 bits per heavy atom. The third-order valence-electron chi connectivity index (χ3n) is 4.36. The first-order valence-electron chi connectivity index (χ1n) is 9.10. The van der Waals surface area contributed by atoms with Crippen molar-refractivity contribution < 1.29 is 14.3 Å². The zero-order chi connectivity index (χ0) is 19.8. The summed E-state index contributed by atoms with van der Waals surface area (Å²) < 4.78 is 4.97. The number of ether oxygens (including phenoxy) is 1. The maximum atomic E-state index is 12.4. The molecule has 2 amide bonds. The van der Waals surface area contributed by atoms with Gasteiger partial charge in [0.2, 0.25) is 0 Å². The van der Waals surface area contributed by atoms with Gasteiger partial charge in [0.15, 0.2) is 0 Å². The maximum absolute atomic E-state index is 12.4. The van der Waals surface area contributed by atoms with Crippen LogP contribution in [0.15, 0.2) is 73.3 Å². The highest BCUT2D eigenvalue weighted by atomic mass is 16.5.